The van der Waals surface area contributed by atoms with Gasteiger partial charge in [0.2, 0.25) is 5.91 Å². The van der Waals surface area contributed by atoms with Crippen LogP contribution >= 0.6 is 0 Å². The summed E-state index contributed by atoms with van der Waals surface area (Å²) < 4.78 is 0. The van der Waals surface area contributed by atoms with Crippen molar-refractivity contribution in [3.8, 4) is 0 Å². The van der Waals surface area contributed by atoms with Gasteiger partial charge in [-0.1, -0.05) is 24.3 Å². The Balaban J connectivity index is 1.84. The molecule has 1 aromatic carbocycles. The molecule has 0 saturated heterocycles. The number of carbonyl (C=O) groups is 2. The second kappa shape index (κ2) is 5.40. The number of H-pyrrole nitrogens is 1. The van der Waals surface area contributed by atoms with E-state index < -0.39 is 17.8 Å². The van der Waals surface area contributed by atoms with Crippen molar-refractivity contribution >= 4 is 28.5 Å². The van der Waals surface area contributed by atoms with Gasteiger partial charge in [-0.3, -0.25) is 14.7 Å². The number of aromatic nitrogens is 2. The number of carbonyl (C=O) groups excluding carboxylic acids is 1. The van der Waals surface area contributed by atoms with Gasteiger partial charge in [-0.05, 0) is 18.9 Å². The van der Waals surface area contributed by atoms with E-state index in [1.807, 2.05) is 24.3 Å². The lowest BCUT2D eigenvalue weighted by Gasteiger charge is -2.24. The molecule has 3 N–H and O–H groups in total. The van der Waals surface area contributed by atoms with E-state index in [9.17, 15) is 14.7 Å². The third-order valence-electron chi connectivity index (χ3n) is 3.82. The molecule has 0 bridgehead atoms. The number of nitrogens with one attached hydrogen (secondary N) is 2. The minimum atomic E-state index is -0.931. The number of fused-ring (bicyclic) bond motifs is 1. The van der Waals surface area contributed by atoms with Gasteiger partial charge in [0, 0.05) is 5.39 Å². The van der Waals surface area contributed by atoms with Crippen LogP contribution in [0.3, 0.4) is 0 Å². The van der Waals surface area contributed by atoms with E-state index in [-0.39, 0.29) is 5.91 Å². The Morgan fingerprint density at radius 2 is 2.00 bits per heavy atom. The predicted octanol–water partition coefficient (Wildman–Crippen LogP) is 2.17. The molecular formula is C15H15N3O3. The predicted molar refractivity (Wildman–Crippen MR) is 77.7 cm³/mol. The zero-order valence-electron chi connectivity index (χ0n) is 11.2. The second-order valence-corrected chi connectivity index (χ2v) is 5.12. The minimum Gasteiger partial charge on any atom is -0.481 e. The summed E-state index contributed by atoms with van der Waals surface area (Å²) in [7, 11) is 0. The fourth-order valence-electron chi connectivity index (χ4n) is 2.68. The Bertz CT molecular complexity index is 720. The van der Waals surface area contributed by atoms with Gasteiger partial charge >= 0.3 is 5.97 Å². The van der Waals surface area contributed by atoms with E-state index in [2.05, 4.69) is 15.5 Å². The normalized spacial score (nSPS) is 21.3. The van der Waals surface area contributed by atoms with Crippen molar-refractivity contribution in [2.75, 3.05) is 5.32 Å². The first-order chi connectivity index (χ1) is 10.2. The lowest BCUT2D eigenvalue weighted by molar-refractivity contribution is -0.146. The molecule has 6 nitrogen and oxygen atoms in total. The highest BCUT2D eigenvalue weighted by molar-refractivity contribution is 6.02. The molecule has 1 heterocycles. The zero-order chi connectivity index (χ0) is 14.8. The Morgan fingerprint density at radius 1 is 1.24 bits per heavy atom. The fourth-order valence-corrected chi connectivity index (χ4v) is 2.68. The van der Waals surface area contributed by atoms with Gasteiger partial charge in [-0.15, -0.1) is 0 Å². The Hall–Kier alpha value is -2.63. The molecule has 6 heteroatoms. The van der Waals surface area contributed by atoms with Crippen molar-refractivity contribution in [1.29, 1.82) is 0 Å². The molecule has 2 aromatic rings. The van der Waals surface area contributed by atoms with Crippen molar-refractivity contribution in [3.05, 3.63) is 36.5 Å². The summed E-state index contributed by atoms with van der Waals surface area (Å²) in [6.45, 7) is 0. The third-order valence-corrected chi connectivity index (χ3v) is 3.82. The van der Waals surface area contributed by atoms with E-state index in [1.54, 1.807) is 12.3 Å². The van der Waals surface area contributed by atoms with E-state index >= 15 is 0 Å². The van der Waals surface area contributed by atoms with Crippen LogP contribution in [0.4, 0.5) is 5.69 Å². The van der Waals surface area contributed by atoms with Crippen LogP contribution in [0.5, 0.6) is 0 Å². The summed E-state index contributed by atoms with van der Waals surface area (Å²) >= 11 is 0. The molecule has 108 valence electrons. The molecule has 0 aliphatic heterocycles. The number of hydrogen-bond donors (Lipinski definition) is 3. The average molecular weight is 285 g/mol. The highest BCUT2D eigenvalue weighted by Gasteiger charge is 2.34. The highest BCUT2D eigenvalue weighted by atomic mass is 16.4. The van der Waals surface area contributed by atoms with E-state index in [0.717, 1.165) is 10.9 Å². The first-order valence-electron chi connectivity index (χ1n) is 6.77. The lowest BCUT2D eigenvalue weighted by atomic mass is 9.82. The number of aromatic amines is 1. The second-order valence-electron chi connectivity index (χ2n) is 5.12. The molecule has 2 atom stereocenters. The topological polar surface area (TPSA) is 95.1 Å². The lowest BCUT2D eigenvalue weighted by Crippen LogP contribution is -2.34. The fraction of sp³-hybridized carbons (Fsp3) is 0.267. The SMILES string of the molecule is O=C(O)C1CC=CCC1C(=O)Nc1cccc2cn[nH]c12. The van der Waals surface area contributed by atoms with E-state index in [4.69, 9.17) is 0 Å². The number of amides is 1. The summed E-state index contributed by atoms with van der Waals surface area (Å²) in [4.78, 5) is 23.7. The van der Waals surface area contributed by atoms with Gasteiger partial charge in [0.05, 0.1) is 29.2 Å². The summed E-state index contributed by atoms with van der Waals surface area (Å²) in [5, 5.41) is 19.7. The average Bonchev–Trinajstić information content (AvgIpc) is 2.96. The molecular weight excluding hydrogens is 270 g/mol. The Kier molecular flexibility index (Phi) is 3.43. The number of rotatable bonds is 3. The van der Waals surface area contributed by atoms with Gasteiger partial charge < -0.3 is 10.4 Å². The van der Waals surface area contributed by atoms with Gasteiger partial charge in [0.25, 0.3) is 0 Å². The number of aliphatic carboxylic acids is 1. The molecule has 21 heavy (non-hydrogen) atoms. The highest BCUT2D eigenvalue weighted by Crippen LogP contribution is 2.28. The van der Waals surface area contributed by atoms with Gasteiger partial charge in [-0.25, -0.2) is 0 Å². The monoisotopic (exact) mass is 285 g/mol. The summed E-state index contributed by atoms with van der Waals surface area (Å²) in [6, 6.07) is 5.48. The van der Waals surface area contributed by atoms with Crippen LogP contribution < -0.4 is 5.32 Å². The molecule has 0 radical (unpaired) electrons. The van der Waals surface area contributed by atoms with Crippen LogP contribution in [0, 0.1) is 11.8 Å². The molecule has 2 unspecified atom stereocenters. The number of anilines is 1. The third kappa shape index (κ3) is 2.52. The van der Waals surface area contributed by atoms with Gasteiger partial charge in [0.15, 0.2) is 0 Å². The summed E-state index contributed by atoms with van der Waals surface area (Å²) in [5.74, 6) is -2.42. The molecule has 0 spiro atoms. The summed E-state index contributed by atoms with van der Waals surface area (Å²) in [6.07, 6.45) is 6.19. The van der Waals surface area contributed by atoms with Crippen molar-refractivity contribution in [2.45, 2.75) is 12.8 Å². The maximum atomic E-state index is 12.4. The van der Waals surface area contributed by atoms with Crippen LogP contribution in [-0.4, -0.2) is 27.2 Å². The quantitative estimate of drug-likeness (QED) is 0.753. The maximum Gasteiger partial charge on any atom is 0.307 e. The van der Waals surface area contributed by atoms with Crippen molar-refractivity contribution < 1.29 is 14.7 Å². The number of carboxylic acid groups (broad SMARTS) is 1. The molecule has 1 amide bonds. The van der Waals surface area contributed by atoms with Crippen LogP contribution in [0.15, 0.2) is 36.5 Å². The first kappa shape index (κ1) is 13.4. The number of allylic oxidation sites excluding steroid dienone is 2. The van der Waals surface area contributed by atoms with E-state index in [0.29, 0.717) is 18.5 Å². The number of nitrogens with zero attached hydrogens (tertiary/aromatic N) is 1. The number of hydrogen-bond acceptors (Lipinski definition) is 3. The summed E-state index contributed by atoms with van der Waals surface area (Å²) in [5.41, 5.74) is 1.36. The van der Waals surface area contributed by atoms with Gasteiger partial charge in [0.1, 0.15) is 0 Å². The van der Waals surface area contributed by atoms with Gasteiger partial charge in [-0.2, -0.15) is 5.10 Å². The largest absolute Gasteiger partial charge is 0.481 e. The molecule has 1 aliphatic rings. The smallest absolute Gasteiger partial charge is 0.307 e. The number of carboxylic acids is 1. The zero-order valence-corrected chi connectivity index (χ0v) is 11.2. The van der Waals surface area contributed by atoms with Crippen LogP contribution in [0.25, 0.3) is 10.9 Å². The Morgan fingerprint density at radius 3 is 2.76 bits per heavy atom. The molecule has 3 rings (SSSR count). The molecule has 0 fully saturated rings. The Labute approximate surface area is 120 Å². The standard InChI is InChI=1S/C15H15N3O3/c19-14(10-5-1-2-6-11(10)15(20)21)17-12-7-3-4-9-8-16-18-13(9)12/h1-4,7-8,10-11H,5-6H2,(H,16,18)(H,17,19)(H,20,21). The van der Waals surface area contributed by atoms with Crippen LogP contribution in [0.1, 0.15) is 12.8 Å². The van der Waals surface area contributed by atoms with Crippen molar-refractivity contribution in [1.82, 2.24) is 10.2 Å². The minimum absolute atomic E-state index is 0.270. The number of para-hydroxylation sites is 1. The number of benzene rings is 1. The maximum absolute atomic E-state index is 12.4. The van der Waals surface area contributed by atoms with Crippen LogP contribution in [-0.2, 0) is 9.59 Å². The first-order valence-corrected chi connectivity index (χ1v) is 6.77. The van der Waals surface area contributed by atoms with E-state index in [1.165, 1.54) is 0 Å². The van der Waals surface area contributed by atoms with Crippen LogP contribution in [0.2, 0.25) is 0 Å². The molecule has 0 saturated carbocycles. The molecule has 1 aliphatic carbocycles. The molecule has 1 aromatic heterocycles. The van der Waals surface area contributed by atoms with Crippen molar-refractivity contribution in [3.63, 3.8) is 0 Å². The van der Waals surface area contributed by atoms with Crippen molar-refractivity contribution in [2.24, 2.45) is 11.8 Å².